The van der Waals surface area contributed by atoms with Crippen molar-refractivity contribution >= 4 is 0 Å². The first-order valence-electron chi connectivity index (χ1n) is 6.79. The highest BCUT2D eigenvalue weighted by Gasteiger charge is 2.35. The molecule has 3 rings (SSSR count). The highest BCUT2D eigenvalue weighted by atomic mass is 16.7. The van der Waals surface area contributed by atoms with E-state index in [-0.39, 0.29) is 0 Å². The fraction of sp³-hybridized carbons (Fsp3) is 0.600. The lowest BCUT2D eigenvalue weighted by Crippen LogP contribution is -2.24. The third-order valence-electron chi connectivity index (χ3n) is 4.10. The summed E-state index contributed by atoms with van der Waals surface area (Å²) in [5.74, 6) is 2.56. The number of nitrogens with zero attached hydrogens (tertiary/aromatic N) is 1. The van der Waals surface area contributed by atoms with Crippen molar-refractivity contribution in [3.8, 4) is 11.5 Å². The molecule has 3 nitrogen and oxygen atoms in total. The van der Waals surface area contributed by atoms with Crippen molar-refractivity contribution < 1.29 is 9.47 Å². The minimum atomic E-state index is 0.364. The fourth-order valence-corrected chi connectivity index (χ4v) is 3.43. The van der Waals surface area contributed by atoms with E-state index in [0.717, 1.165) is 17.4 Å². The van der Waals surface area contributed by atoms with Crippen LogP contribution in [0, 0.1) is 5.92 Å². The molecule has 1 heterocycles. The molecule has 0 saturated carbocycles. The molecule has 2 atom stereocenters. The fourth-order valence-electron chi connectivity index (χ4n) is 3.43. The van der Waals surface area contributed by atoms with E-state index in [1.165, 1.54) is 30.4 Å². The Hall–Kier alpha value is -1.22. The van der Waals surface area contributed by atoms with Crippen LogP contribution < -0.4 is 9.47 Å². The minimum Gasteiger partial charge on any atom is -0.454 e. The van der Waals surface area contributed by atoms with Crippen molar-refractivity contribution in [2.45, 2.75) is 32.2 Å². The topological polar surface area (TPSA) is 21.7 Å². The van der Waals surface area contributed by atoms with Crippen molar-refractivity contribution in [3.05, 3.63) is 23.3 Å². The summed E-state index contributed by atoms with van der Waals surface area (Å²) >= 11 is 0. The van der Waals surface area contributed by atoms with E-state index in [1.54, 1.807) is 0 Å². The van der Waals surface area contributed by atoms with Crippen molar-refractivity contribution in [3.63, 3.8) is 0 Å². The summed E-state index contributed by atoms with van der Waals surface area (Å²) in [4.78, 5) is 2.34. The van der Waals surface area contributed by atoms with E-state index in [9.17, 15) is 0 Å². The number of hydrogen-bond acceptors (Lipinski definition) is 3. The molecule has 1 aromatic rings. The molecule has 0 fully saturated rings. The third-order valence-corrected chi connectivity index (χ3v) is 4.10. The minimum absolute atomic E-state index is 0.364. The highest BCUT2D eigenvalue weighted by Crippen LogP contribution is 2.46. The van der Waals surface area contributed by atoms with Crippen LogP contribution in [0.5, 0.6) is 11.5 Å². The first kappa shape index (κ1) is 11.8. The van der Waals surface area contributed by atoms with E-state index in [2.05, 4.69) is 38.1 Å². The van der Waals surface area contributed by atoms with Crippen LogP contribution in [-0.4, -0.2) is 25.8 Å². The molecule has 1 aliphatic carbocycles. The zero-order chi connectivity index (χ0) is 12.7. The number of rotatable bonds is 3. The number of fused-ring (bicyclic) bond motifs is 2. The SMILES string of the molecule is CCC[C@@H]1Cc2cc3c(cc2[C@@H]1N(C)C)OCO3. The van der Waals surface area contributed by atoms with Gasteiger partial charge < -0.3 is 14.4 Å². The van der Waals surface area contributed by atoms with Crippen LogP contribution in [-0.2, 0) is 6.42 Å². The average molecular weight is 247 g/mol. The summed E-state index contributed by atoms with van der Waals surface area (Å²) in [5.41, 5.74) is 2.87. The monoisotopic (exact) mass is 247 g/mol. The van der Waals surface area contributed by atoms with Crippen molar-refractivity contribution in [1.29, 1.82) is 0 Å². The van der Waals surface area contributed by atoms with Gasteiger partial charge in [0.1, 0.15) is 0 Å². The van der Waals surface area contributed by atoms with E-state index in [1.807, 2.05) is 0 Å². The molecule has 18 heavy (non-hydrogen) atoms. The maximum Gasteiger partial charge on any atom is 0.231 e. The van der Waals surface area contributed by atoms with Gasteiger partial charge in [-0.3, -0.25) is 0 Å². The maximum atomic E-state index is 5.51. The van der Waals surface area contributed by atoms with Gasteiger partial charge in [0.25, 0.3) is 0 Å². The van der Waals surface area contributed by atoms with Gasteiger partial charge in [-0.05, 0) is 56.1 Å². The molecule has 0 bridgehead atoms. The summed E-state index contributed by atoms with van der Waals surface area (Å²) < 4.78 is 11.0. The summed E-state index contributed by atoms with van der Waals surface area (Å²) in [6, 6.07) is 4.90. The van der Waals surface area contributed by atoms with E-state index in [4.69, 9.17) is 9.47 Å². The van der Waals surface area contributed by atoms with Gasteiger partial charge in [-0.1, -0.05) is 13.3 Å². The van der Waals surface area contributed by atoms with Crippen molar-refractivity contribution in [2.75, 3.05) is 20.9 Å². The molecule has 0 aromatic heterocycles. The molecule has 1 aromatic carbocycles. The molecular weight excluding hydrogens is 226 g/mol. The van der Waals surface area contributed by atoms with Crippen LogP contribution in [0.4, 0.5) is 0 Å². The summed E-state index contributed by atoms with van der Waals surface area (Å²) in [6.07, 6.45) is 3.70. The molecular formula is C15H21NO2. The first-order chi connectivity index (χ1) is 8.70. The molecule has 0 spiro atoms. The molecule has 0 radical (unpaired) electrons. The Bertz CT molecular complexity index is 456. The Kier molecular flexibility index (Phi) is 2.94. The highest BCUT2D eigenvalue weighted by molar-refractivity contribution is 5.51. The van der Waals surface area contributed by atoms with Crippen molar-refractivity contribution in [2.24, 2.45) is 5.92 Å². The molecule has 0 amide bonds. The van der Waals surface area contributed by atoms with Gasteiger partial charge >= 0.3 is 0 Å². The second kappa shape index (κ2) is 4.47. The van der Waals surface area contributed by atoms with Gasteiger partial charge in [-0.15, -0.1) is 0 Å². The number of ether oxygens (including phenoxy) is 2. The predicted octanol–water partition coefficient (Wildman–Crippen LogP) is 2.99. The lowest BCUT2D eigenvalue weighted by molar-refractivity contribution is 0.173. The summed E-state index contributed by atoms with van der Waals surface area (Å²) in [7, 11) is 4.35. The van der Waals surface area contributed by atoms with Gasteiger partial charge in [-0.2, -0.15) is 0 Å². The molecule has 1 aliphatic heterocycles. The Morgan fingerprint density at radius 2 is 1.94 bits per heavy atom. The normalized spacial score (nSPS) is 24.7. The Morgan fingerprint density at radius 3 is 2.61 bits per heavy atom. The van der Waals surface area contributed by atoms with Crippen LogP contribution in [0.25, 0.3) is 0 Å². The number of benzene rings is 1. The summed E-state index contributed by atoms with van der Waals surface area (Å²) in [6.45, 7) is 2.63. The molecule has 2 aliphatic rings. The second-order valence-corrected chi connectivity index (χ2v) is 5.57. The van der Waals surface area contributed by atoms with Crippen LogP contribution in [0.1, 0.15) is 36.9 Å². The van der Waals surface area contributed by atoms with Gasteiger partial charge in [0, 0.05) is 6.04 Å². The molecule has 98 valence electrons. The molecule has 0 N–H and O–H groups in total. The zero-order valence-corrected chi connectivity index (χ0v) is 11.4. The quantitative estimate of drug-likeness (QED) is 0.819. The molecule has 0 saturated heterocycles. The Labute approximate surface area is 109 Å². The van der Waals surface area contributed by atoms with E-state index < -0.39 is 0 Å². The number of hydrogen-bond donors (Lipinski definition) is 0. The lowest BCUT2D eigenvalue weighted by atomic mass is 9.95. The third kappa shape index (κ3) is 1.77. The largest absolute Gasteiger partial charge is 0.454 e. The standard InChI is InChI=1S/C15H21NO2/c1-4-5-10-6-11-7-13-14(18-9-17-13)8-12(11)15(10)16(2)3/h7-8,10,15H,4-6,9H2,1-3H3/t10-,15-/m1/s1. The van der Waals surface area contributed by atoms with E-state index >= 15 is 0 Å². The zero-order valence-electron chi connectivity index (χ0n) is 11.4. The van der Waals surface area contributed by atoms with Crippen LogP contribution in [0.2, 0.25) is 0 Å². The van der Waals surface area contributed by atoms with Gasteiger partial charge in [0.2, 0.25) is 6.79 Å². The van der Waals surface area contributed by atoms with Gasteiger partial charge in [-0.25, -0.2) is 0 Å². The van der Waals surface area contributed by atoms with Crippen LogP contribution >= 0.6 is 0 Å². The van der Waals surface area contributed by atoms with Crippen LogP contribution in [0.15, 0.2) is 12.1 Å². The van der Waals surface area contributed by atoms with Crippen LogP contribution in [0.3, 0.4) is 0 Å². The predicted molar refractivity (Wildman–Crippen MR) is 71.1 cm³/mol. The smallest absolute Gasteiger partial charge is 0.231 e. The molecule has 0 unspecified atom stereocenters. The first-order valence-corrected chi connectivity index (χ1v) is 6.79. The molecule has 3 heteroatoms. The summed E-state index contributed by atoms with van der Waals surface area (Å²) in [5, 5.41) is 0. The van der Waals surface area contributed by atoms with Gasteiger partial charge in [0.15, 0.2) is 11.5 Å². The Morgan fingerprint density at radius 1 is 1.22 bits per heavy atom. The Balaban J connectivity index is 1.99. The van der Waals surface area contributed by atoms with Crippen molar-refractivity contribution in [1.82, 2.24) is 4.90 Å². The van der Waals surface area contributed by atoms with E-state index in [0.29, 0.717) is 12.8 Å². The lowest BCUT2D eigenvalue weighted by Gasteiger charge is -2.27. The maximum absolute atomic E-state index is 5.51. The average Bonchev–Trinajstić information content (AvgIpc) is 2.88. The van der Waals surface area contributed by atoms with Gasteiger partial charge in [0.05, 0.1) is 0 Å². The second-order valence-electron chi connectivity index (χ2n) is 5.57.